The molecule has 0 radical (unpaired) electrons. The molecule has 1 spiro atoms. The Morgan fingerprint density at radius 1 is 1.08 bits per heavy atom. The SMILES string of the molecule is CNCc1cccc(C2=CC3(CCN(C)CC3)Oc3ccccc32)c1. The summed E-state index contributed by atoms with van der Waals surface area (Å²) in [7, 11) is 4.18. The molecule has 3 heteroatoms. The molecule has 130 valence electrons. The topological polar surface area (TPSA) is 24.5 Å². The molecule has 0 aromatic heterocycles. The first-order valence-electron chi connectivity index (χ1n) is 9.13. The molecule has 0 aliphatic carbocycles. The Morgan fingerprint density at radius 2 is 1.88 bits per heavy atom. The molecule has 3 nitrogen and oxygen atoms in total. The van der Waals surface area contributed by atoms with E-state index < -0.39 is 0 Å². The summed E-state index contributed by atoms with van der Waals surface area (Å²) in [6, 6.07) is 17.3. The van der Waals surface area contributed by atoms with Crippen LogP contribution in [0.25, 0.3) is 5.57 Å². The fourth-order valence-electron chi connectivity index (χ4n) is 3.90. The highest BCUT2D eigenvalue weighted by molar-refractivity contribution is 5.85. The van der Waals surface area contributed by atoms with E-state index in [4.69, 9.17) is 4.74 Å². The maximum absolute atomic E-state index is 6.52. The predicted octanol–water partition coefficient (Wildman–Crippen LogP) is 3.69. The smallest absolute Gasteiger partial charge is 0.130 e. The quantitative estimate of drug-likeness (QED) is 0.926. The summed E-state index contributed by atoms with van der Waals surface area (Å²) < 4.78 is 6.52. The molecule has 2 aliphatic rings. The van der Waals surface area contributed by atoms with Crippen molar-refractivity contribution in [2.45, 2.75) is 25.0 Å². The molecule has 1 N–H and O–H groups in total. The number of nitrogens with one attached hydrogen (secondary N) is 1. The Bertz CT molecular complexity index is 788. The molecule has 1 saturated heterocycles. The molecule has 0 unspecified atom stereocenters. The first kappa shape index (κ1) is 16.4. The van der Waals surface area contributed by atoms with Crippen molar-refractivity contribution in [3.63, 3.8) is 0 Å². The third-order valence-corrected chi connectivity index (χ3v) is 5.35. The van der Waals surface area contributed by atoms with Crippen LogP contribution in [-0.2, 0) is 6.54 Å². The lowest BCUT2D eigenvalue weighted by Gasteiger charge is -2.42. The van der Waals surface area contributed by atoms with Crippen LogP contribution in [0.15, 0.2) is 54.6 Å². The van der Waals surface area contributed by atoms with Crippen molar-refractivity contribution < 1.29 is 4.74 Å². The summed E-state index contributed by atoms with van der Waals surface area (Å²) in [5.74, 6) is 1.02. The normalized spacial score (nSPS) is 19.2. The largest absolute Gasteiger partial charge is 0.482 e. The van der Waals surface area contributed by atoms with Gasteiger partial charge in [0.1, 0.15) is 11.4 Å². The van der Waals surface area contributed by atoms with E-state index in [0.29, 0.717) is 0 Å². The van der Waals surface area contributed by atoms with Gasteiger partial charge in [-0.05, 0) is 49.0 Å². The second kappa shape index (κ2) is 6.66. The van der Waals surface area contributed by atoms with Gasteiger partial charge in [0.15, 0.2) is 0 Å². The summed E-state index contributed by atoms with van der Waals surface area (Å²) in [5.41, 5.74) is 4.93. The zero-order valence-corrected chi connectivity index (χ0v) is 15.1. The van der Waals surface area contributed by atoms with E-state index in [-0.39, 0.29) is 5.60 Å². The molecule has 2 aromatic rings. The molecule has 0 bridgehead atoms. The fraction of sp³-hybridized carbons (Fsp3) is 0.364. The summed E-state index contributed by atoms with van der Waals surface area (Å²) in [4.78, 5) is 2.39. The number of rotatable bonds is 3. The summed E-state index contributed by atoms with van der Waals surface area (Å²) in [6.07, 6.45) is 4.47. The zero-order chi connectivity index (χ0) is 17.3. The highest BCUT2D eigenvalue weighted by atomic mass is 16.5. The van der Waals surface area contributed by atoms with Crippen LogP contribution in [0.3, 0.4) is 0 Å². The van der Waals surface area contributed by atoms with Gasteiger partial charge >= 0.3 is 0 Å². The predicted molar refractivity (Wildman–Crippen MR) is 103 cm³/mol. The van der Waals surface area contributed by atoms with Gasteiger partial charge in [0.25, 0.3) is 0 Å². The second-order valence-electron chi connectivity index (χ2n) is 7.25. The number of hydrogen-bond acceptors (Lipinski definition) is 3. The molecule has 0 atom stereocenters. The Labute approximate surface area is 150 Å². The molecule has 0 saturated carbocycles. The van der Waals surface area contributed by atoms with Crippen LogP contribution in [0.5, 0.6) is 5.75 Å². The number of piperidine rings is 1. The number of likely N-dealkylation sites (tertiary alicyclic amines) is 1. The Morgan fingerprint density at radius 3 is 2.68 bits per heavy atom. The lowest BCUT2D eigenvalue weighted by Crippen LogP contribution is -2.46. The van der Waals surface area contributed by atoms with Crippen molar-refractivity contribution in [1.29, 1.82) is 0 Å². The van der Waals surface area contributed by atoms with Crippen LogP contribution in [0, 0.1) is 0 Å². The van der Waals surface area contributed by atoms with Crippen LogP contribution in [0.1, 0.15) is 29.5 Å². The average Bonchev–Trinajstić information content (AvgIpc) is 2.64. The van der Waals surface area contributed by atoms with Crippen molar-refractivity contribution in [3.05, 3.63) is 71.3 Å². The van der Waals surface area contributed by atoms with Gasteiger partial charge in [0, 0.05) is 38.0 Å². The minimum Gasteiger partial charge on any atom is -0.482 e. The standard InChI is InChI=1S/C22H26N2O/c1-23-16-17-6-5-7-18(14-17)20-15-22(10-12-24(2)13-11-22)25-21-9-4-3-8-19(20)21/h3-9,14-15,23H,10-13,16H2,1-2H3. The Balaban J connectivity index is 1.79. The maximum atomic E-state index is 6.52. The van der Waals surface area contributed by atoms with Gasteiger partial charge < -0.3 is 15.0 Å². The van der Waals surface area contributed by atoms with E-state index in [0.717, 1.165) is 38.2 Å². The van der Waals surface area contributed by atoms with Gasteiger partial charge in [-0.25, -0.2) is 0 Å². The van der Waals surface area contributed by atoms with E-state index in [2.05, 4.69) is 71.9 Å². The van der Waals surface area contributed by atoms with Crippen molar-refractivity contribution in [1.82, 2.24) is 10.2 Å². The molecule has 4 rings (SSSR count). The minimum atomic E-state index is -0.171. The number of benzene rings is 2. The molecule has 0 amide bonds. The van der Waals surface area contributed by atoms with Crippen molar-refractivity contribution in [2.75, 3.05) is 27.2 Å². The van der Waals surface area contributed by atoms with Crippen LogP contribution >= 0.6 is 0 Å². The third kappa shape index (κ3) is 3.22. The molecule has 2 heterocycles. The van der Waals surface area contributed by atoms with Crippen molar-refractivity contribution in [2.24, 2.45) is 0 Å². The molecule has 1 fully saturated rings. The third-order valence-electron chi connectivity index (χ3n) is 5.35. The minimum absolute atomic E-state index is 0.171. The number of nitrogens with zero attached hydrogens (tertiary/aromatic N) is 1. The summed E-state index contributed by atoms with van der Waals surface area (Å²) >= 11 is 0. The molecule has 25 heavy (non-hydrogen) atoms. The molecular weight excluding hydrogens is 308 g/mol. The highest BCUT2D eigenvalue weighted by Crippen LogP contribution is 2.43. The number of fused-ring (bicyclic) bond motifs is 1. The van der Waals surface area contributed by atoms with Crippen LogP contribution in [0.4, 0.5) is 0 Å². The van der Waals surface area contributed by atoms with Gasteiger partial charge in [0.2, 0.25) is 0 Å². The number of para-hydroxylation sites is 1. The van der Waals surface area contributed by atoms with E-state index in [1.807, 2.05) is 7.05 Å². The first-order valence-corrected chi connectivity index (χ1v) is 9.13. The van der Waals surface area contributed by atoms with Gasteiger partial charge in [-0.2, -0.15) is 0 Å². The molecule has 2 aromatic carbocycles. The summed E-state index contributed by atoms with van der Waals surface area (Å²) in [5, 5.41) is 3.25. The van der Waals surface area contributed by atoms with Crippen LogP contribution in [-0.4, -0.2) is 37.7 Å². The van der Waals surface area contributed by atoms with Crippen LogP contribution in [0.2, 0.25) is 0 Å². The number of ether oxygens (including phenoxy) is 1. The van der Waals surface area contributed by atoms with Crippen molar-refractivity contribution >= 4 is 5.57 Å². The van der Waals surface area contributed by atoms with Gasteiger partial charge in [0.05, 0.1) is 0 Å². The number of hydrogen-bond donors (Lipinski definition) is 1. The lowest BCUT2D eigenvalue weighted by atomic mass is 9.83. The molecule has 2 aliphatic heterocycles. The Kier molecular flexibility index (Phi) is 4.36. The first-order chi connectivity index (χ1) is 12.2. The zero-order valence-electron chi connectivity index (χ0n) is 15.1. The molecular formula is C22H26N2O. The second-order valence-corrected chi connectivity index (χ2v) is 7.25. The van der Waals surface area contributed by atoms with E-state index in [1.165, 1.54) is 22.3 Å². The lowest BCUT2D eigenvalue weighted by molar-refractivity contribution is 0.0468. The van der Waals surface area contributed by atoms with Gasteiger partial charge in [-0.3, -0.25) is 0 Å². The van der Waals surface area contributed by atoms with Crippen LogP contribution < -0.4 is 10.1 Å². The Hall–Kier alpha value is -2.10. The van der Waals surface area contributed by atoms with Crippen molar-refractivity contribution in [3.8, 4) is 5.75 Å². The van der Waals surface area contributed by atoms with Gasteiger partial charge in [-0.15, -0.1) is 0 Å². The van der Waals surface area contributed by atoms with E-state index in [9.17, 15) is 0 Å². The maximum Gasteiger partial charge on any atom is 0.130 e. The fourth-order valence-corrected chi connectivity index (χ4v) is 3.90. The monoisotopic (exact) mass is 334 g/mol. The van der Waals surface area contributed by atoms with E-state index in [1.54, 1.807) is 0 Å². The van der Waals surface area contributed by atoms with E-state index >= 15 is 0 Å². The average molecular weight is 334 g/mol. The summed E-state index contributed by atoms with van der Waals surface area (Å²) in [6.45, 7) is 3.03. The van der Waals surface area contributed by atoms with Gasteiger partial charge in [-0.1, -0.05) is 36.4 Å². The highest BCUT2D eigenvalue weighted by Gasteiger charge is 2.38.